The van der Waals surface area contributed by atoms with Gasteiger partial charge in [-0.3, -0.25) is 0 Å². The Balaban J connectivity index is 0.00000380. The van der Waals surface area contributed by atoms with Gasteiger partial charge in [0.05, 0.1) is 26.2 Å². The molecule has 2 N–H and O–H groups in total. The van der Waals surface area contributed by atoms with Crippen molar-refractivity contribution in [2.24, 2.45) is 0 Å². The number of sulfonamides is 1. The standard InChI is InChI=1S/C26H28F2N2O5S.ClH/c1-33-18-8-7-16(13-20-21(27)5-4-6-22(20)28)19(14-18)25-24(10-9-23(34-2)26(25)35-3)36(31,32)30-17-11-12-29-15-17;/h4-10,14,17,29-30H,11-13,15H2,1-3H3;1H/t17-;/m0./s1. The first-order valence-corrected chi connectivity index (χ1v) is 12.9. The van der Waals surface area contributed by atoms with Crippen LogP contribution in [-0.4, -0.2) is 48.9 Å². The summed E-state index contributed by atoms with van der Waals surface area (Å²) in [6.07, 6.45) is 0.524. The predicted octanol–water partition coefficient (Wildman–Crippen LogP) is 4.31. The zero-order valence-corrected chi connectivity index (χ0v) is 22.3. The zero-order chi connectivity index (χ0) is 25.9. The van der Waals surface area contributed by atoms with Gasteiger partial charge in [0, 0.05) is 30.1 Å². The molecule has 1 atom stereocenters. The van der Waals surface area contributed by atoms with E-state index in [9.17, 15) is 17.2 Å². The van der Waals surface area contributed by atoms with E-state index >= 15 is 0 Å². The maximum Gasteiger partial charge on any atom is 0.241 e. The van der Waals surface area contributed by atoms with Gasteiger partial charge in [0.15, 0.2) is 11.5 Å². The smallest absolute Gasteiger partial charge is 0.241 e. The lowest BCUT2D eigenvalue weighted by molar-refractivity contribution is 0.355. The van der Waals surface area contributed by atoms with Crippen molar-refractivity contribution in [3.05, 3.63) is 71.3 Å². The first kappa shape index (κ1) is 28.6. The van der Waals surface area contributed by atoms with Gasteiger partial charge in [0.2, 0.25) is 10.0 Å². The fourth-order valence-corrected chi connectivity index (χ4v) is 5.87. The van der Waals surface area contributed by atoms with E-state index in [2.05, 4.69) is 10.0 Å². The third-order valence-electron chi connectivity index (χ3n) is 6.19. The summed E-state index contributed by atoms with van der Waals surface area (Å²) in [7, 11) is 0.306. The van der Waals surface area contributed by atoms with Crippen LogP contribution in [0.5, 0.6) is 17.2 Å². The lowest BCUT2D eigenvalue weighted by atomic mass is 9.93. The molecule has 0 aliphatic carbocycles. The van der Waals surface area contributed by atoms with Crippen LogP contribution in [0.25, 0.3) is 11.1 Å². The zero-order valence-electron chi connectivity index (χ0n) is 20.6. The number of methoxy groups -OCH3 is 3. The Morgan fingerprint density at radius 1 is 1.00 bits per heavy atom. The Labute approximate surface area is 221 Å². The van der Waals surface area contributed by atoms with E-state index in [4.69, 9.17) is 14.2 Å². The molecule has 1 fully saturated rings. The Morgan fingerprint density at radius 2 is 1.73 bits per heavy atom. The second-order valence-electron chi connectivity index (χ2n) is 8.39. The molecular formula is C26H29ClF2N2O5S. The first-order valence-electron chi connectivity index (χ1n) is 11.4. The van der Waals surface area contributed by atoms with Crippen LogP contribution in [0.3, 0.4) is 0 Å². The average molecular weight is 555 g/mol. The number of halogens is 3. The molecule has 1 aliphatic rings. The summed E-state index contributed by atoms with van der Waals surface area (Å²) in [6.45, 7) is 1.22. The van der Waals surface area contributed by atoms with Crippen LogP contribution >= 0.6 is 12.4 Å². The fourth-order valence-electron chi connectivity index (χ4n) is 4.39. The van der Waals surface area contributed by atoms with Gasteiger partial charge < -0.3 is 19.5 Å². The molecule has 3 aromatic rings. The topological polar surface area (TPSA) is 85.9 Å². The van der Waals surface area contributed by atoms with Crippen molar-refractivity contribution < 1.29 is 31.4 Å². The third-order valence-corrected chi connectivity index (χ3v) is 7.76. The summed E-state index contributed by atoms with van der Waals surface area (Å²) in [5, 5.41) is 3.14. The number of hydrogen-bond donors (Lipinski definition) is 2. The van der Waals surface area contributed by atoms with Crippen LogP contribution in [0.4, 0.5) is 8.78 Å². The minimum atomic E-state index is -4.02. The van der Waals surface area contributed by atoms with Gasteiger partial charge in [-0.05, 0) is 60.5 Å². The quantitative estimate of drug-likeness (QED) is 0.410. The molecule has 1 saturated heterocycles. The molecule has 3 aromatic carbocycles. The van der Waals surface area contributed by atoms with Crippen molar-refractivity contribution in [2.75, 3.05) is 34.4 Å². The molecule has 0 radical (unpaired) electrons. The second kappa shape index (κ2) is 12.1. The monoisotopic (exact) mass is 554 g/mol. The van der Waals surface area contributed by atoms with Gasteiger partial charge in [-0.1, -0.05) is 12.1 Å². The Hall–Kier alpha value is -2.92. The highest BCUT2D eigenvalue weighted by Crippen LogP contribution is 2.45. The second-order valence-corrected chi connectivity index (χ2v) is 10.1. The highest BCUT2D eigenvalue weighted by atomic mass is 35.5. The van der Waals surface area contributed by atoms with Crippen molar-refractivity contribution in [3.8, 4) is 28.4 Å². The van der Waals surface area contributed by atoms with E-state index < -0.39 is 21.7 Å². The van der Waals surface area contributed by atoms with Crippen LogP contribution in [0.2, 0.25) is 0 Å². The molecule has 7 nitrogen and oxygen atoms in total. The van der Waals surface area contributed by atoms with Crippen molar-refractivity contribution in [1.29, 1.82) is 0 Å². The van der Waals surface area contributed by atoms with Crippen LogP contribution in [-0.2, 0) is 16.4 Å². The van der Waals surface area contributed by atoms with Gasteiger partial charge in [0.25, 0.3) is 0 Å². The largest absolute Gasteiger partial charge is 0.497 e. The van der Waals surface area contributed by atoms with E-state index in [-0.39, 0.29) is 46.6 Å². The maximum absolute atomic E-state index is 14.6. The molecule has 200 valence electrons. The molecule has 0 amide bonds. The van der Waals surface area contributed by atoms with Gasteiger partial charge in [-0.15, -0.1) is 12.4 Å². The SMILES string of the molecule is COc1ccc(Cc2c(F)cccc2F)c(-c2c(S(=O)(=O)N[C@H]3CCNC3)ccc(OC)c2OC)c1.Cl. The molecule has 0 spiro atoms. The van der Waals surface area contributed by atoms with Gasteiger partial charge in [0.1, 0.15) is 17.4 Å². The molecule has 37 heavy (non-hydrogen) atoms. The molecular weight excluding hydrogens is 526 g/mol. The van der Waals surface area contributed by atoms with E-state index in [1.807, 2.05) is 0 Å². The van der Waals surface area contributed by atoms with E-state index in [0.717, 1.165) is 0 Å². The molecule has 4 rings (SSSR count). The Kier molecular flexibility index (Phi) is 9.36. The first-order chi connectivity index (χ1) is 17.3. The van der Waals surface area contributed by atoms with Crippen molar-refractivity contribution in [2.45, 2.75) is 23.8 Å². The minimum Gasteiger partial charge on any atom is -0.497 e. The summed E-state index contributed by atoms with van der Waals surface area (Å²) in [5.74, 6) is -0.479. The lowest BCUT2D eigenvalue weighted by Crippen LogP contribution is -2.36. The molecule has 1 aliphatic heterocycles. The number of benzene rings is 3. The van der Waals surface area contributed by atoms with Crippen LogP contribution in [0.15, 0.2) is 53.4 Å². The number of rotatable bonds is 9. The van der Waals surface area contributed by atoms with E-state index in [1.54, 1.807) is 18.2 Å². The third kappa shape index (κ3) is 5.98. The van der Waals surface area contributed by atoms with Crippen LogP contribution in [0, 0.1) is 11.6 Å². The normalized spacial score (nSPS) is 15.2. The summed E-state index contributed by atoms with van der Waals surface area (Å²) < 4.78 is 75.5. The lowest BCUT2D eigenvalue weighted by Gasteiger charge is -2.21. The van der Waals surface area contributed by atoms with Gasteiger partial charge in [-0.25, -0.2) is 21.9 Å². The highest BCUT2D eigenvalue weighted by Gasteiger charge is 2.30. The summed E-state index contributed by atoms with van der Waals surface area (Å²) in [5.41, 5.74) is 0.939. The van der Waals surface area contributed by atoms with Gasteiger partial charge >= 0.3 is 0 Å². The average Bonchev–Trinajstić information content (AvgIpc) is 3.37. The molecule has 0 unspecified atom stereocenters. The molecule has 0 bridgehead atoms. The fraction of sp³-hybridized carbons (Fsp3) is 0.308. The molecule has 0 saturated carbocycles. The van der Waals surface area contributed by atoms with E-state index in [1.165, 1.54) is 51.7 Å². The van der Waals surface area contributed by atoms with Crippen LogP contribution < -0.4 is 24.2 Å². The van der Waals surface area contributed by atoms with Gasteiger partial charge in [-0.2, -0.15) is 0 Å². The van der Waals surface area contributed by atoms with Crippen molar-refractivity contribution in [3.63, 3.8) is 0 Å². The Morgan fingerprint density at radius 3 is 2.32 bits per heavy atom. The molecule has 0 aromatic heterocycles. The highest BCUT2D eigenvalue weighted by molar-refractivity contribution is 7.89. The number of nitrogens with one attached hydrogen (secondary N) is 2. The maximum atomic E-state index is 14.6. The Bertz CT molecular complexity index is 1350. The number of ether oxygens (including phenoxy) is 3. The van der Waals surface area contributed by atoms with Crippen LogP contribution in [0.1, 0.15) is 17.5 Å². The summed E-state index contributed by atoms with van der Waals surface area (Å²) in [6, 6.07) is 11.3. The number of hydrogen-bond acceptors (Lipinski definition) is 6. The van der Waals surface area contributed by atoms with E-state index in [0.29, 0.717) is 42.1 Å². The molecule has 11 heteroatoms. The minimum absolute atomic E-state index is 0. The van der Waals surface area contributed by atoms with Crippen molar-refractivity contribution in [1.82, 2.24) is 10.0 Å². The summed E-state index contributed by atoms with van der Waals surface area (Å²) in [4.78, 5) is -0.0458. The predicted molar refractivity (Wildman–Crippen MR) is 140 cm³/mol. The summed E-state index contributed by atoms with van der Waals surface area (Å²) >= 11 is 0. The molecule has 1 heterocycles. The van der Waals surface area contributed by atoms with Crippen molar-refractivity contribution >= 4 is 22.4 Å².